The minimum Gasteiger partial charge on any atom is -0.459 e. The average Bonchev–Trinajstić information content (AvgIpc) is 2.27. The summed E-state index contributed by atoms with van der Waals surface area (Å²) in [6, 6.07) is 10.3. The van der Waals surface area contributed by atoms with Crippen molar-refractivity contribution in [2.45, 2.75) is 46.3 Å². The molecule has 0 radical (unpaired) electrons. The maximum atomic E-state index is 11.7. The lowest BCUT2D eigenvalue weighted by Gasteiger charge is -2.24. The molecule has 1 rings (SSSR count). The van der Waals surface area contributed by atoms with E-state index in [1.54, 1.807) is 0 Å². The molecular weight excluding hydrogens is 238 g/mol. The molecule has 19 heavy (non-hydrogen) atoms. The maximum absolute atomic E-state index is 11.7. The molecule has 0 bridgehead atoms. The minimum atomic E-state index is -0.432. The number of hydrogen-bond acceptors (Lipinski definition) is 3. The van der Waals surface area contributed by atoms with E-state index < -0.39 is 5.60 Å². The summed E-state index contributed by atoms with van der Waals surface area (Å²) in [6.45, 7) is 10.1. The molecule has 0 heterocycles. The topological polar surface area (TPSA) is 38.3 Å². The van der Waals surface area contributed by atoms with Crippen LogP contribution in [0.25, 0.3) is 0 Å². The molecule has 0 saturated heterocycles. The van der Waals surface area contributed by atoms with E-state index in [0.717, 1.165) is 0 Å². The summed E-state index contributed by atoms with van der Waals surface area (Å²) in [6.07, 6.45) is 0. The molecule has 3 heteroatoms. The van der Waals surface area contributed by atoms with Crippen LogP contribution >= 0.6 is 0 Å². The second-order valence-electron chi connectivity index (χ2n) is 6.10. The highest BCUT2D eigenvalue weighted by atomic mass is 16.6. The Morgan fingerprint density at radius 2 is 1.79 bits per heavy atom. The zero-order valence-corrected chi connectivity index (χ0v) is 12.6. The lowest BCUT2D eigenvalue weighted by Crippen LogP contribution is -2.35. The number of carbonyl (C=O) groups is 1. The van der Waals surface area contributed by atoms with Crippen molar-refractivity contribution >= 4 is 5.97 Å². The van der Waals surface area contributed by atoms with Gasteiger partial charge in [-0.25, -0.2) is 0 Å². The predicted octanol–water partition coefficient (Wildman–Crippen LogP) is 3.32. The van der Waals surface area contributed by atoms with Gasteiger partial charge in [0, 0.05) is 6.04 Å². The highest BCUT2D eigenvalue weighted by molar-refractivity contribution is 5.72. The summed E-state index contributed by atoms with van der Waals surface area (Å²) in [4.78, 5) is 11.7. The fourth-order valence-electron chi connectivity index (χ4n) is 1.97. The van der Waals surface area contributed by atoms with Gasteiger partial charge in [-0.15, -0.1) is 0 Å². The fraction of sp³-hybridized carbons (Fsp3) is 0.562. The van der Waals surface area contributed by atoms with Gasteiger partial charge in [-0.2, -0.15) is 0 Å². The number of esters is 1. The van der Waals surface area contributed by atoms with Gasteiger partial charge in [-0.05, 0) is 32.3 Å². The number of benzene rings is 1. The molecule has 0 amide bonds. The van der Waals surface area contributed by atoms with Crippen LogP contribution in [0, 0.1) is 5.92 Å². The van der Waals surface area contributed by atoms with Gasteiger partial charge in [0.2, 0.25) is 0 Å². The van der Waals surface area contributed by atoms with E-state index in [1.807, 2.05) is 39.0 Å². The highest BCUT2D eigenvalue weighted by Crippen LogP contribution is 2.21. The first kappa shape index (κ1) is 15.7. The van der Waals surface area contributed by atoms with Crippen molar-refractivity contribution < 1.29 is 9.53 Å². The Bertz CT molecular complexity index is 393. The molecule has 1 atom stereocenters. The van der Waals surface area contributed by atoms with Crippen molar-refractivity contribution in [3.63, 3.8) is 0 Å². The summed E-state index contributed by atoms with van der Waals surface area (Å²) in [7, 11) is 0. The standard InChI is InChI=1S/C16H25NO2/c1-12(2)15(13-9-7-6-8-10-13)17-11-14(18)19-16(3,4)5/h6-10,12,15,17H,11H2,1-5H3. The minimum absolute atomic E-state index is 0.161. The molecule has 3 nitrogen and oxygen atoms in total. The zero-order valence-electron chi connectivity index (χ0n) is 12.6. The molecule has 1 N–H and O–H groups in total. The van der Waals surface area contributed by atoms with Crippen molar-refractivity contribution in [1.82, 2.24) is 5.32 Å². The van der Waals surface area contributed by atoms with Gasteiger partial charge in [-0.1, -0.05) is 44.2 Å². The van der Waals surface area contributed by atoms with Crippen molar-refractivity contribution in [1.29, 1.82) is 0 Å². The second kappa shape index (κ2) is 6.71. The van der Waals surface area contributed by atoms with Crippen LogP contribution < -0.4 is 5.32 Å². The summed E-state index contributed by atoms with van der Waals surface area (Å²) >= 11 is 0. The number of nitrogens with one attached hydrogen (secondary N) is 1. The Balaban J connectivity index is 2.59. The van der Waals surface area contributed by atoms with Crippen LogP contribution in [0.15, 0.2) is 30.3 Å². The first-order valence-electron chi connectivity index (χ1n) is 6.80. The number of rotatable bonds is 5. The number of ether oxygens (including phenoxy) is 1. The fourth-order valence-corrected chi connectivity index (χ4v) is 1.97. The second-order valence-corrected chi connectivity index (χ2v) is 6.10. The average molecular weight is 263 g/mol. The van der Waals surface area contributed by atoms with Gasteiger partial charge < -0.3 is 4.74 Å². The van der Waals surface area contributed by atoms with Crippen molar-refractivity contribution in [3.05, 3.63) is 35.9 Å². The lowest BCUT2D eigenvalue weighted by molar-refractivity contribution is -0.153. The highest BCUT2D eigenvalue weighted by Gasteiger charge is 2.19. The smallest absolute Gasteiger partial charge is 0.320 e. The molecule has 1 aromatic carbocycles. The summed E-state index contributed by atoms with van der Waals surface area (Å²) in [5, 5.41) is 3.28. The predicted molar refractivity (Wildman–Crippen MR) is 77.9 cm³/mol. The van der Waals surface area contributed by atoms with Gasteiger partial charge in [0.1, 0.15) is 5.60 Å². The van der Waals surface area contributed by atoms with E-state index in [1.165, 1.54) is 5.56 Å². The van der Waals surface area contributed by atoms with E-state index >= 15 is 0 Å². The van der Waals surface area contributed by atoms with Crippen molar-refractivity contribution in [2.75, 3.05) is 6.54 Å². The van der Waals surface area contributed by atoms with Crippen LogP contribution in [0.2, 0.25) is 0 Å². The van der Waals surface area contributed by atoms with Crippen LogP contribution in [-0.2, 0) is 9.53 Å². The van der Waals surface area contributed by atoms with E-state index in [4.69, 9.17) is 4.74 Å². The summed E-state index contributed by atoms with van der Waals surface area (Å²) in [5.41, 5.74) is 0.764. The summed E-state index contributed by atoms with van der Waals surface area (Å²) in [5.74, 6) is 0.193. The van der Waals surface area contributed by atoms with E-state index in [2.05, 4.69) is 31.3 Å². The molecule has 0 fully saturated rings. The molecule has 1 aromatic rings. The molecule has 0 aliphatic heterocycles. The molecule has 0 aromatic heterocycles. The molecule has 0 aliphatic carbocycles. The van der Waals surface area contributed by atoms with E-state index in [9.17, 15) is 4.79 Å². The Kier molecular flexibility index (Phi) is 5.55. The third-order valence-electron chi connectivity index (χ3n) is 2.71. The lowest BCUT2D eigenvalue weighted by atomic mass is 9.96. The molecule has 106 valence electrons. The Morgan fingerprint density at radius 1 is 1.21 bits per heavy atom. The first-order valence-corrected chi connectivity index (χ1v) is 6.80. The monoisotopic (exact) mass is 263 g/mol. The third-order valence-corrected chi connectivity index (χ3v) is 2.71. The first-order chi connectivity index (χ1) is 8.79. The largest absolute Gasteiger partial charge is 0.459 e. The maximum Gasteiger partial charge on any atom is 0.320 e. The van der Waals surface area contributed by atoms with Crippen LogP contribution in [0.1, 0.15) is 46.2 Å². The van der Waals surface area contributed by atoms with Crippen LogP contribution in [0.3, 0.4) is 0 Å². The van der Waals surface area contributed by atoms with Gasteiger partial charge in [-0.3, -0.25) is 10.1 Å². The van der Waals surface area contributed by atoms with Gasteiger partial charge in [0.25, 0.3) is 0 Å². The summed E-state index contributed by atoms with van der Waals surface area (Å²) < 4.78 is 5.30. The number of carbonyl (C=O) groups excluding carboxylic acids is 1. The van der Waals surface area contributed by atoms with Gasteiger partial charge in [0.15, 0.2) is 0 Å². The van der Waals surface area contributed by atoms with Crippen molar-refractivity contribution in [2.24, 2.45) is 5.92 Å². The molecule has 0 saturated carbocycles. The van der Waals surface area contributed by atoms with Crippen LogP contribution in [-0.4, -0.2) is 18.1 Å². The van der Waals surface area contributed by atoms with Gasteiger partial charge >= 0.3 is 5.97 Å². The molecule has 0 aliphatic rings. The Morgan fingerprint density at radius 3 is 2.26 bits per heavy atom. The Hall–Kier alpha value is -1.35. The molecular formula is C16H25NO2. The quantitative estimate of drug-likeness (QED) is 0.828. The number of hydrogen-bond donors (Lipinski definition) is 1. The Labute approximate surface area is 116 Å². The molecule has 0 spiro atoms. The van der Waals surface area contributed by atoms with E-state index in [0.29, 0.717) is 5.92 Å². The SMILES string of the molecule is CC(C)C(NCC(=O)OC(C)(C)C)c1ccccc1. The van der Waals surface area contributed by atoms with E-state index in [-0.39, 0.29) is 18.6 Å². The van der Waals surface area contributed by atoms with Crippen LogP contribution in [0.5, 0.6) is 0 Å². The van der Waals surface area contributed by atoms with Crippen LogP contribution in [0.4, 0.5) is 0 Å². The zero-order chi connectivity index (χ0) is 14.5. The third kappa shape index (κ3) is 5.88. The van der Waals surface area contributed by atoms with Gasteiger partial charge in [0.05, 0.1) is 6.54 Å². The van der Waals surface area contributed by atoms with Crippen molar-refractivity contribution in [3.8, 4) is 0 Å². The molecule has 1 unspecified atom stereocenters. The normalized spacial score (nSPS) is 13.4.